The maximum absolute atomic E-state index is 13.0. The molecule has 4 nitrogen and oxygen atoms in total. The van der Waals surface area contributed by atoms with Gasteiger partial charge in [0, 0.05) is 30.5 Å². The number of alkyl halides is 1. The summed E-state index contributed by atoms with van der Waals surface area (Å²) in [5, 5.41) is 0.713. The van der Waals surface area contributed by atoms with Gasteiger partial charge in [-0.2, -0.15) is 17.0 Å². The molecule has 2 fully saturated rings. The first-order valence-electron chi connectivity index (χ1n) is 7.92. The Kier molecular flexibility index (Phi) is 6.32. The van der Waals surface area contributed by atoms with Gasteiger partial charge in [-0.25, -0.2) is 0 Å². The number of nitrogens with zero attached hydrogens (tertiary/aromatic N) is 2. The lowest BCUT2D eigenvalue weighted by atomic mass is 9.95. The molecule has 0 aromatic carbocycles. The summed E-state index contributed by atoms with van der Waals surface area (Å²) < 4.78 is 29.6. The molecule has 0 amide bonds. The molecule has 20 heavy (non-hydrogen) atoms. The van der Waals surface area contributed by atoms with Crippen molar-refractivity contribution in [2.24, 2.45) is 0 Å². The fourth-order valence-corrected chi connectivity index (χ4v) is 6.20. The second kappa shape index (κ2) is 7.56. The van der Waals surface area contributed by atoms with Crippen molar-refractivity contribution in [1.29, 1.82) is 0 Å². The van der Waals surface area contributed by atoms with E-state index in [9.17, 15) is 8.42 Å². The minimum atomic E-state index is -3.30. The molecule has 0 N–H and O–H groups in total. The first-order chi connectivity index (χ1) is 9.57. The average Bonchev–Trinajstić information content (AvgIpc) is 2.45. The van der Waals surface area contributed by atoms with E-state index in [1.165, 1.54) is 6.42 Å². The molecule has 0 aromatic rings. The molecule has 0 radical (unpaired) electrons. The molecule has 2 rings (SSSR count). The van der Waals surface area contributed by atoms with Crippen LogP contribution in [0.1, 0.15) is 58.3 Å². The van der Waals surface area contributed by atoms with Gasteiger partial charge < -0.3 is 0 Å². The molecule has 1 saturated heterocycles. The Balaban J connectivity index is 2.16. The van der Waals surface area contributed by atoms with E-state index in [2.05, 4.69) is 15.9 Å². The molecule has 118 valence electrons. The summed E-state index contributed by atoms with van der Waals surface area (Å²) in [4.78, 5) is 0. The first kappa shape index (κ1) is 16.7. The molecule has 1 saturated carbocycles. The minimum Gasteiger partial charge on any atom is -0.195 e. The summed E-state index contributed by atoms with van der Waals surface area (Å²) in [6.45, 7) is 3.33. The number of piperidine rings is 1. The van der Waals surface area contributed by atoms with E-state index in [0.29, 0.717) is 18.4 Å². The Hall–Kier alpha value is 0.350. The third-order valence-electron chi connectivity index (χ3n) is 4.62. The Morgan fingerprint density at radius 1 is 1.10 bits per heavy atom. The SMILES string of the molecule is CC1CCCCN1S(=O)(=O)N(CCBr)C1CCCCC1. The number of rotatable bonds is 5. The molecule has 6 heteroatoms. The van der Waals surface area contributed by atoms with Crippen LogP contribution < -0.4 is 0 Å². The Morgan fingerprint density at radius 3 is 2.35 bits per heavy atom. The number of halogens is 1. The summed E-state index contributed by atoms with van der Waals surface area (Å²) in [6, 6.07) is 0.357. The van der Waals surface area contributed by atoms with Crippen molar-refractivity contribution < 1.29 is 8.42 Å². The highest BCUT2D eigenvalue weighted by atomic mass is 79.9. The van der Waals surface area contributed by atoms with E-state index in [4.69, 9.17) is 0 Å². The summed E-state index contributed by atoms with van der Waals surface area (Å²) in [7, 11) is -3.30. The number of hydrogen-bond acceptors (Lipinski definition) is 2. The summed E-state index contributed by atoms with van der Waals surface area (Å²) in [6.07, 6.45) is 8.75. The maximum Gasteiger partial charge on any atom is 0.282 e. The van der Waals surface area contributed by atoms with Gasteiger partial charge in [-0.15, -0.1) is 0 Å². The standard InChI is InChI=1S/C14H27BrN2O2S/c1-13-7-5-6-11-16(13)20(18,19)17(12-10-15)14-8-3-2-4-9-14/h13-14H,2-12H2,1H3. The fourth-order valence-electron chi connectivity index (χ4n) is 3.49. The van der Waals surface area contributed by atoms with Crippen molar-refractivity contribution in [3.8, 4) is 0 Å². The molecule has 1 heterocycles. The third-order valence-corrected chi connectivity index (χ3v) is 7.18. The van der Waals surface area contributed by atoms with Crippen LogP contribution in [0.15, 0.2) is 0 Å². The van der Waals surface area contributed by atoms with E-state index < -0.39 is 10.2 Å². The van der Waals surface area contributed by atoms with Crippen molar-refractivity contribution in [2.45, 2.75) is 70.4 Å². The predicted octanol–water partition coefficient (Wildman–Crippen LogP) is 3.14. The second-order valence-electron chi connectivity index (χ2n) is 6.05. The van der Waals surface area contributed by atoms with Crippen molar-refractivity contribution in [3.05, 3.63) is 0 Å². The van der Waals surface area contributed by atoms with E-state index >= 15 is 0 Å². The van der Waals surface area contributed by atoms with Gasteiger partial charge in [0.15, 0.2) is 0 Å². The lowest BCUT2D eigenvalue weighted by Gasteiger charge is -2.40. The van der Waals surface area contributed by atoms with Crippen LogP contribution in [0.25, 0.3) is 0 Å². The fraction of sp³-hybridized carbons (Fsp3) is 1.00. The van der Waals surface area contributed by atoms with Gasteiger partial charge >= 0.3 is 0 Å². The number of hydrogen-bond donors (Lipinski definition) is 0. The first-order valence-corrected chi connectivity index (χ1v) is 10.4. The van der Waals surface area contributed by atoms with Gasteiger partial charge in [0.25, 0.3) is 10.2 Å². The zero-order valence-corrected chi connectivity index (χ0v) is 14.8. The zero-order chi connectivity index (χ0) is 14.6. The molecular formula is C14H27BrN2O2S. The highest BCUT2D eigenvalue weighted by Crippen LogP contribution is 2.29. The van der Waals surface area contributed by atoms with E-state index in [1.54, 1.807) is 8.61 Å². The molecule has 1 aliphatic carbocycles. The van der Waals surface area contributed by atoms with E-state index in [0.717, 1.165) is 44.9 Å². The lowest BCUT2D eigenvalue weighted by Crippen LogP contribution is -2.53. The van der Waals surface area contributed by atoms with Gasteiger partial charge in [-0.05, 0) is 32.6 Å². The Bertz CT molecular complexity index is 396. The Morgan fingerprint density at radius 2 is 1.75 bits per heavy atom. The quantitative estimate of drug-likeness (QED) is 0.701. The largest absolute Gasteiger partial charge is 0.282 e. The van der Waals surface area contributed by atoms with Crippen molar-refractivity contribution in [2.75, 3.05) is 18.4 Å². The van der Waals surface area contributed by atoms with E-state index in [1.807, 2.05) is 6.92 Å². The van der Waals surface area contributed by atoms with Gasteiger partial charge in [-0.1, -0.05) is 41.6 Å². The maximum atomic E-state index is 13.0. The van der Waals surface area contributed by atoms with Crippen molar-refractivity contribution in [3.63, 3.8) is 0 Å². The summed E-state index contributed by atoms with van der Waals surface area (Å²) in [5.41, 5.74) is 0. The second-order valence-corrected chi connectivity index (χ2v) is 8.68. The Labute approximate surface area is 132 Å². The van der Waals surface area contributed by atoms with E-state index in [-0.39, 0.29) is 12.1 Å². The van der Waals surface area contributed by atoms with Crippen molar-refractivity contribution >= 4 is 26.1 Å². The normalized spacial score (nSPS) is 27.1. The van der Waals surface area contributed by atoms with Crippen LogP contribution in [-0.4, -0.2) is 47.5 Å². The van der Waals surface area contributed by atoms with Crippen LogP contribution in [0.5, 0.6) is 0 Å². The highest BCUT2D eigenvalue weighted by molar-refractivity contribution is 9.09. The monoisotopic (exact) mass is 366 g/mol. The van der Waals surface area contributed by atoms with Crippen LogP contribution in [0.2, 0.25) is 0 Å². The molecule has 2 aliphatic rings. The lowest BCUT2D eigenvalue weighted by molar-refractivity contribution is 0.210. The van der Waals surface area contributed by atoms with Crippen LogP contribution in [-0.2, 0) is 10.2 Å². The van der Waals surface area contributed by atoms with Gasteiger partial charge in [0.05, 0.1) is 0 Å². The topological polar surface area (TPSA) is 40.6 Å². The van der Waals surface area contributed by atoms with Crippen LogP contribution in [0.3, 0.4) is 0 Å². The zero-order valence-electron chi connectivity index (χ0n) is 12.4. The van der Waals surface area contributed by atoms with Gasteiger partial charge in [0.2, 0.25) is 0 Å². The molecule has 0 aromatic heterocycles. The molecule has 1 unspecified atom stereocenters. The molecule has 1 aliphatic heterocycles. The smallest absolute Gasteiger partial charge is 0.195 e. The van der Waals surface area contributed by atoms with Crippen LogP contribution in [0, 0.1) is 0 Å². The predicted molar refractivity (Wildman–Crippen MR) is 86.3 cm³/mol. The van der Waals surface area contributed by atoms with Gasteiger partial charge in [0.1, 0.15) is 0 Å². The molecule has 0 spiro atoms. The summed E-state index contributed by atoms with van der Waals surface area (Å²) >= 11 is 3.42. The van der Waals surface area contributed by atoms with Crippen LogP contribution >= 0.6 is 15.9 Å². The molecule has 1 atom stereocenters. The average molecular weight is 367 g/mol. The minimum absolute atomic E-state index is 0.148. The van der Waals surface area contributed by atoms with Gasteiger partial charge in [-0.3, -0.25) is 0 Å². The molecule has 0 bridgehead atoms. The van der Waals surface area contributed by atoms with Crippen molar-refractivity contribution in [1.82, 2.24) is 8.61 Å². The third kappa shape index (κ3) is 3.76. The van der Waals surface area contributed by atoms with Crippen LogP contribution in [0.4, 0.5) is 0 Å². The molecular weight excluding hydrogens is 340 g/mol. The highest BCUT2D eigenvalue weighted by Gasteiger charge is 2.38. The summed E-state index contributed by atoms with van der Waals surface area (Å²) in [5.74, 6) is 0.